The Kier molecular flexibility index (Phi) is 3.67. The van der Waals surface area contributed by atoms with Crippen molar-refractivity contribution in [1.29, 1.82) is 0 Å². The van der Waals surface area contributed by atoms with E-state index >= 15 is 0 Å². The summed E-state index contributed by atoms with van der Waals surface area (Å²) in [5.41, 5.74) is 3.61. The number of hydrogen-bond acceptors (Lipinski definition) is 2. The lowest BCUT2D eigenvalue weighted by molar-refractivity contribution is -0.690. The zero-order valence-corrected chi connectivity index (χ0v) is 13.1. The van der Waals surface area contributed by atoms with E-state index in [-0.39, 0.29) is 5.97 Å². The van der Waals surface area contributed by atoms with Crippen molar-refractivity contribution in [3.63, 3.8) is 0 Å². The van der Waals surface area contributed by atoms with E-state index in [9.17, 15) is 4.79 Å². The highest BCUT2D eigenvalue weighted by molar-refractivity contribution is 6.25. The normalized spacial score (nSPS) is 14.5. The Labute approximate surface area is 140 Å². The van der Waals surface area contributed by atoms with Crippen molar-refractivity contribution in [2.75, 3.05) is 0 Å². The van der Waals surface area contributed by atoms with Crippen LogP contribution in [0.25, 0.3) is 11.6 Å². The van der Waals surface area contributed by atoms with Gasteiger partial charge in [-0.1, -0.05) is 48.5 Å². The van der Waals surface area contributed by atoms with Gasteiger partial charge in [-0.2, -0.15) is 4.57 Å². The number of hydrogen-bond donors (Lipinski definition) is 0. The number of para-hydroxylation sites is 1. The number of nitrogens with zero attached hydrogens (tertiary/aromatic N) is 1. The number of carbonyl (C=O) groups excluding carboxylic acids is 1. The molecule has 1 aromatic heterocycles. The van der Waals surface area contributed by atoms with Crippen LogP contribution >= 0.6 is 0 Å². The van der Waals surface area contributed by atoms with Crippen LogP contribution in [-0.4, -0.2) is 5.97 Å². The largest absolute Gasteiger partial charge is 0.422 e. The van der Waals surface area contributed by atoms with Gasteiger partial charge in [-0.05, 0) is 12.1 Å². The van der Waals surface area contributed by atoms with Gasteiger partial charge in [0.15, 0.2) is 12.7 Å². The van der Waals surface area contributed by atoms with Crippen molar-refractivity contribution >= 4 is 17.6 Å². The van der Waals surface area contributed by atoms with Crippen molar-refractivity contribution in [2.24, 2.45) is 0 Å². The van der Waals surface area contributed by atoms with Crippen LogP contribution < -0.4 is 9.30 Å². The lowest BCUT2D eigenvalue weighted by Gasteiger charge is -2.02. The average molecular weight is 314 g/mol. The van der Waals surface area contributed by atoms with Crippen molar-refractivity contribution in [1.82, 2.24) is 0 Å². The first kappa shape index (κ1) is 14.4. The summed E-state index contributed by atoms with van der Waals surface area (Å²) in [4.78, 5) is 12.2. The molecule has 2 aromatic carbocycles. The van der Waals surface area contributed by atoms with Crippen LogP contribution in [0.4, 0.5) is 0 Å². The number of rotatable bonds is 3. The second-order valence-electron chi connectivity index (χ2n) is 5.68. The molecule has 3 aromatic rings. The van der Waals surface area contributed by atoms with E-state index in [2.05, 4.69) is 16.7 Å². The van der Waals surface area contributed by atoms with E-state index in [4.69, 9.17) is 4.74 Å². The minimum atomic E-state index is -0.300. The molecule has 2 heterocycles. The molecule has 0 atom stereocenters. The average Bonchev–Trinajstić information content (AvgIpc) is 2.93. The number of aromatic nitrogens is 1. The molecule has 0 amide bonds. The van der Waals surface area contributed by atoms with Gasteiger partial charge in [-0.15, -0.1) is 0 Å². The molecule has 0 spiro atoms. The molecule has 0 N–H and O–H groups in total. The number of benzene rings is 2. The van der Waals surface area contributed by atoms with Gasteiger partial charge in [0, 0.05) is 29.3 Å². The van der Waals surface area contributed by atoms with Crippen LogP contribution in [0.5, 0.6) is 5.75 Å². The Hall–Kier alpha value is -3.20. The first-order valence-electron chi connectivity index (χ1n) is 7.87. The van der Waals surface area contributed by atoms with Gasteiger partial charge in [0.25, 0.3) is 0 Å². The maximum Gasteiger partial charge on any atom is 0.344 e. The number of pyridine rings is 1. The molecule has 24 heavy (non-hydrogen) atoms. The predicted molar refractivity (Wildman–Crippen MR) is 92.1 cm³/mol. The van der Waals surface area contributed by atoms with Crippen LogP contribution in [0.3, 0.4) is 0 Å². The highest BCUT2D eigenvalue weighted by atomic mass is 16.5. The molecular weight excluding hydrogens is 298 g/mol. The minimum absolute atomic E-state index is 0.300. The molecule has 116 valence electrons. The monoisotopic (exact) mass is 314 g/mol. The van der Waals surface area contributed by atoms with E-state index in [0.29, 0.717) is 11.3 Å². The molecule has 0 fully saturated rings. The molecule has 1 aliphatic heterocycles. The topological polar surface area (TPSA) is 30.2 Å². The number of esters is 1. The molecule has 4 rings (SSSR count). The van der Waals surface area contributed by atoms with Gasteiger partial charge >= 0.3 is 5.97 Å². The Balaban J connectivity index is 1.74. The van der Waals surface area contributed by atoms with Gasteiger partial charge in [0.05, 0.1) is 5.57 Å². The maximum atomic E-state index is 12.2. The summed E-state index contributed by atoms with van der Waals surface area (Å²) in [7, 11) is 0. The number of ether oxygens (including phenoxy) is 1. The minimum Gasteiger partial charge on any atom is -0.422 e. The second-order valence-corrected chi connectivity index (χ2v) is 5.68. The van der Waals surface area contributed by atoms with E-state index < -0.39 is 0 Å². The molecule has 0 aliphatic carbocycles. The molecule has 0 bridgehead atoms. The summed E-state index contributed by atoms with van der Waals surface area (Å²) < 4.78 is 7.45. The fraction of sp³-hybridized carbons (Fsp3) is 0.0476. The Morgan fingerprint density at radius 3 is 2.50 bits per heavy atom. The van der Waals surface area contributed by atoms with Crippen LogP contribution in [0, 0.1) is 0 Å². The van der Waals surface area contributed by atoms with Gasteiger partial charge in [0.2, 0.25) is 5.69 Å². The SMILES string of the molecule is O=C1Oc2ccccc2C1=Cc1cccc[n+]1Cc1ccccc1. The predicted octanol–water partition coefficient (Wildman–Crippen LogP) is 3.48. The zero-order valence-electron chi connectivity index (χ0n) is 13.1. The van der Waals surface area contributed by atoms with Crippen molar-refractivity contribution in [2.45, 2.75) is 6.54 Å². The zero-order chi connectivity index (χ0) is 16.4. The highest BCUT2D eigenvalue weighted by Crippen LogP contribution is 2.34. The number of carbonyl (C=O) groups is 1. The smallest absolute Gasteiger partial charge is 0.344 e. The molecule has 3 heteroatoms. The van der Waals surface area contributed by atoms with E-state index in [1.165, 1.54) is 5.56 Å². The fourth-order valence-electron chi connectivity index (χ4n) is 2.87. The van der Waals surface area contributed by atoms with Gasteiger partial charge < -0.3 is 4.74 Å². The third-order valence-electron chi connectivity index (χ3n) is 4.06. The van der Waals surface area contributed by atoms with Gasteiger partial charge in [-0.25, -0.2) is 4.79 Å². The number of fused-ring (bicyclic) bond motifs is 1. The summed E-state index contributed by atoms with van der Waals surface area (Å²) in [6, 6.07) is 23.7. The van der Waals surface area contributed by atoms with E-state index in [1.807, 2.05) is 72.9 Å². The van der Waals surface area contributed by atoms with Gasteiger partial charge in [0.1, 0.15) is 5.75 Å². The summed E-state index contributed by atoms with van der Waals surface area (Å²) in [5.74, 6) is 0.325. The maximum absolute atomic E-state index is 12.2. The molecule has 0 saturated heterocycles. The van der Waals surface area contributed by atoms with Crippen LogP contribution in [0.2, 0.25) is 0 Å². The Morgan fingerprint density at radius 2 is 1.62 bits per heavy atom. The molecule has 0 unspecified atom stereocenters. The third kappa shape index (κ3) is 2.72. The Morgan fingerprint density at radius 1 is 0.875 bits per heavy atom. The van der Waals surface area contributed by atoms with E-state index in [0.717, 1.165) is 17.8 Å². The first-order chi connectivity index (χ1) is 11.8. The lowest BCUT2D eigenvalue weighted by Crippen LogP contribution is -2.37. The molecule has 0 radical (unpaired) electrons. The molecule has 3 nitrogen and oxygen atoms in total. The highest BCUT2D eigenvalue weighted by Gasteiger charge is 2.27. The van der Waals surface area contributed by atoms with Crippen molar-refractivity contribution in [3.05, 3.63) is 95.8 Å². The summed E-state index contributed by atoms with van der Waals surface area (Å²) in [5, 5.41) is 0. The van der Waals surface area contributed by atoms with E-state index in [1.54, 1.807) is 0 Å². The fourth-order valence-corrected chi connectivity index (χ4v) is 2.87. The molecule has 1 aliphatic rings. The molecule has 0 saturated carbocycles. The summed E-state index contributed by atoms with van der Waals surface area (Å²) in [6.45, 7) is 0.748. The quantitative estimate of drug-likeness (QED) is 0.321. The Bertz CT molecular complexity index is 929. The lowest BCUT2D eigenvalue weighted by atomic mass is 10.1. The summed E-state index contributed by atoms with van der Waals surface area (Å²) >= 11 is 0. The van der Waals surface area contributed by atoms with Crippen LogP contribution in [0.1, 0.15) is 16.8 Å². The van der Waals surface area contributed by atoms with Crippen molar-refractivity contribution in [3.8, 4) is 5.75 Å². The second kappa shape index (κ2) is 6.13. The van der Waals surface area contributed by atoms with Crippen molar-refractivity contribution < 1.29 is 14.1 Å². The molecular formula is C21H16NO2+. The van der Waals surface area contributed by atoms with Gasteiger partial charge in [-0.3, -0.25) is 0 Å². The van der Waals surface area contributed by atoms with Crippen LogP contribution in [0.15, 0.2) is 79.0 Å². The summed E-state index contributed by atoms with van der Waals surface area (Å²) in [6.07, 6.45) is 3.92. The first-order valence-corrected chi connectivity index (χ1v) is 7.87. The van der Waals surface area contributed by atoms with Crippen LogP contribution in [-0.2, 0) is 11.3 Å². The standard InChI is InChI=1S/C21H16NO2/c23-21-19(18-11-4-5-12-20(18)24-21)14-17-10-6-7-13-22(17)15-16-8-2-1-3-9-16/h1-14H,15H2/q+1. The third-order valence-corrected chi connectivity index (χ3v) is 4.06.